The fourth-order valence-corrected chi connectivity index (χ4v) is 3.18. The number of ether oxygens (including phenoxy) is 2. The molecule has 150 valence electrons. The molecule has 1 heterocycles. The number of carbonyl (C=O) groups excluding carboxylic acids is 2. The van der Waals surface area contributed by atoms with Gasteiger partial charge in [-0.25, -0.2) is 9.59 Å². The third-order valence-electron chi connectivity index (χ3n) is 4.28. The quantitative estimate of drug-likeness (QED) is 0.428. The van der Waals surface area contributed by atoms with Crippen molar-refractivity contribution in [3.05, 3.63) is 68.0 Å². The summed E-state index contributed by atoms with van der Waals surface area (Å²) in [5, 5.41) is 12.6. The lowest BCUT2D eigenvalue weighted by Gasteiger charge is -2.30. The Morgan fingerprint density at radius 2 is 1.82 bits per heavy atom. The predicted molar refractivity (Wildman–Crippen MR) is 98.2 cm³/mol. The fraction of sp³-hybridized carbons (Fsp3) is 0.368. The van der Waals surface area contributed by atoms with Gasteiger partial charge >= 0.3 is 11.9 Å². The first-order chi connectivity index (χ1) is 13.3. The lowest BCUT2D eigenvalue weighted by atomic mass is 9.80. The van der Waals surface area contributed by atoms with E-state index in [9.17, 15) is 19.7 Å². The van der Waals surface area contributed by atoms with Gasteiger partial charge in [-0.05, 0) is 31.9 Å². The Labute approximate surface area is 162 Å². The number of hydrogen-bond donors (Lipinski definition) is 1. The molecule has 1 aliphatic rings. The second-order valence-electron chi connectivity index (χ2n) is 6.09. The average molecular weight is 390 g/mol. The van der Waals surface area contributed by atoms with Crippen LogP contribution in [0.25, 0.3) is 0 Å². The summed E-state index contributed by atoms with van der Waals surface area (Å²) in [4.78, 5) is 40.0. The molecule has 1 aromatic rings. The first kappa shape index (κ1) is 20.9. The monoisotopic (exact) mass is 390 g/mol. The van der Waals surface area contributed by atoms with Crippen LogP contribution in [-0.2, 0) is 30.5 Å². The minimum absolute atomic E-state index is 0.176. The summed E-state index contributed by atoms with van der Waals surface area (Å²) < 4.78 is 10.1. The number of benzene rings is 1. The maximum absolute atomic E-state index is 12.6. The number of hydrogen-bond acceptors (Lipinski definition) is 8. The van der Waals surface area contributed by atoms with Crippen LogP contribution < -0.4 is 5.32 Å². The van der Waals surface area contributed by atoms with E-state index in [1.165, 1.54) is 7.11 Å². The molecular formula is C19H22N2O7. The van der Waals surface area contributed by atoms with Gasteiger partial charge in [0.25, 0.3) is 5.09 Å². The van der Waals surface area contributed by atoms with E-state index >= 15 is 0 Å². The smallest absolute Gasteiger partial charge is 0.336 e. The van der Waals surface area contributed by atoms with Gasteiger partial charge in [0.2, 0.25) is 0 Å². The first-order valence-corrected chi connectivity index (χ1v) is 8.60. The Morgan fingerprint density at radius 1 is 1.18 bits per heavy atom. The molecule has 1 N–H and O–H groups in total. The van der Waals surface area contributed by atoms with Gasteiger partial charge in [0.05, 0.1) is 30.8 Å². The van der Waals surface area contributed by atoms with Gasteiger partial charge in [-0.1, -0.05) is 24.3 Å². The number of dihydropyridines is 1. The van der Waals surface area contributed by atoms with Crippen molar-refractivity contribution in [2.45, 2.75) is 33.3 Å². The zero-order chi connectivity index (χ0) is 20.8. The van der Waals surface area contributed by atoms with Crippen LogP contribution in [-0.4, -0.2) is 30.7 Å². The van der Waals surface area contributed by atoms with Crippen molar-refractivity contribution < 1.29 is 29.0 Å². The predicted octanol–water partition coefficient (Wildman–Crippen LogP) is 2.37. The second kappa shape index (κ2) is 9.03. The van der Waals surface area contributed by atoms with Gasteiger partial charge in [-0.3, -0.25) is 0 Å². The van der Waals surface area contributed by atoms with E-state index in [2.05, 4.69) is 10.2 Å². The normalized spacial score (nSPS) is 16.4. The van der Waals surface area contributed by atoms with Crippen LogP contribution >= 0.6 is 0 Å². The molecule has 1 aromatic carbocycles. The van der Waals surface area contributed by atoms with Crippen LogP contribution in [0.15, 0.2) is 46.8 Å². The SMILES string of the molecule is CCOC(=O)C1=C(C)NC(C)=C(C(=O)OC)C1c1cccc(CO[N+](=O)[O-])c1. The van der Waals surface area contributed by atoms with E-state index in [4.69, 9.17) is 9.47 Å². The highest BCUT2D eigenvalue weighted by atomic mass is 16.9. The molecule has 0 fully saturated rings. The van der Waals surface area contributed by atoms with E-state index < -0.39 is 22.9 Å². The van der Waals surface area contributed by atoms with Gasteiger partial charge in [0.1, 0.15) is 6.61 Å². The zero-order valence-corrected chi connectivity index (χ0v) is 16.1. The molecule has 0 spiro atoms. The molecule has 1 unspecified atom stereocenters. The molecule has 0 radical (unpaired) electrons. The summed E-state index contributed by atoms with van der Waals surface area (Å²) in [7, 11) is 1.26. The third-order valence-corrected chi connectivity index (χ3v) is 4.28. The maximum Gasteiger partial charge on any atom is 0.336 e. The molecule has 0 aliphatic carbocycles. The van der Waals surface area contributed by atoms with Crippen molar-refractivity contribution in [1.82, 2.24) is 5.32 Å². The first-order valence-electron chi connectivity index (χ1n) is 8.60. The van der Waals surface area contributed by atoms with E-state index in [-0.39, 0.29) is 24.4 Å². The van der Waals surface area contributed by atoms with Crippen molar-refractivity contribution in [1.29, 1.82) is 0 Å². The van der Waals surface area contributed by atoms with Crippen molar-refractivity contribution in [3.63, 3.8) is 0 Å². The van der Waals surface area contributed by atoms with Crippen molar-refractivity contribution >= 4 is 11.9 Å². The lowest BCUT2D eigenvalue weighted by Crippen LogP contribution is -2.32. The summed E-state index contributed by atoms with van der Waals surface area (Å²) >= 11 is 0. The van der Waals surface area contributed by atoms with Crippen molar-refractivity contribution in [2.24, 2.45) is 0 Å². The van der Waals surface area contributed by atoms with Gasteiger partial charge in [-0.2, -0.15) is 0 Å². The highest BCUT2D eigenvalue weighted by molar-refractivity contribution is 5.99. The largest absolute Gasteiger partial charge is 0.466 e. The molecular weight excluding hydrogens is 368 g/mol. The summed E-state index contributed by atoms with van der Waals surface area (Å²) in [6.45, 7) is 5.05. The van der Waals surface area contributed by atoms with Crippen molar-refractivity contribution in [2.75, 3.05) is 13.7 Å². The molecule has 0 bridgehead atoms. The van der Waals surface area contributed by atoms with Gasteiger partial charge in [-0.15, -0.1) is 10.1 Å². The number of nitrogens with one attached hydrogen (secondary N) is 1. The topological polar surface area (TPSA) is 117 Å². The molecule has 1 aliphatic heterocycles. The van der Waals surface area contributed by atoms with Crippen LogP contribution in [0.1, 0.15) is 37.8 Å². The van der Waals surface area contributed by atoms with Crippen LogP contribution in [0.3, 0.4) is 0 Å². The van der Waals surface area contributed by atoms with Gasteiger partial charge in [0, 0.05) is 11.4 Å². The number of carbonyl (C=O) groups is 2. The number of esters is 2. The Morgan fingerprint density at radius 3 is 2.39 bits per heavy atom. The summed E-state index contributed by atoms with van der Waals surface area (Å²) in [6, 6.07) is 6.72. The zero-order valence-electron chi connectivity index (χ0n) is 16.1. The van der Waals surface area contributed by atoms with E-state index in [1.807, 2.05) is 0 Å². The minimum atomic E-state index is -0.880. The second-order valence-corrected chi connectivity index (χ2v) is 6.09. The third kappa shape index (κ3) is 4.48. The summed E-state index contributed by atoms with van der Waals surface area (Å²) in [6.07, 6.45) is 0. The van der Waals surface area contributed by atoms with Crippen LogP contribution in [0.2, 0.25) is 0 Å². The Hall–Kier alpha value is -3.36. The number of nitrogens with zero attached hydrogens (tertiary/aromatic N) is 1. The maximum atomic E-state index is 12.6. The number of rotatable bonds is 7. The molecule has 28 heavy (non-hydrogen) atoms. The lowest BCUT2D eigenvalue weighted by molar-refractivity contribution is -0.763. The highest BCUT2D eigenvalue weighted by Crippen LogP contribution is 2.39. The number of methoxy groups -OCH3 is 1. The fourth-order valence-electron chi connectivity index (χ4n) is 3.18. The van der Waals surface area contributed by atoms with E-state index in [1.54, 1.807) is 45.0 Å². The van der Waals surface area contributed by atoms with Gasteiger partial charge in [0.15, 0.2) is 0 Å². The molecule has 0 saturated heterocycles. The van der Waals surface area contributed by atoms with Crippen LogP contribution in [0.5, 0.6) is 0 Å². The summed E-state index contributed by atoms with van der Waals surface area (Å²) in [5.74, 6) is -1.89. The number of allylic oxidation sites excluding steroid dienone is 2. The Bertz CT molecular complexity index is 858. The molecule has 0 saturated carbocycles. The minimum Gasteiger partial charge on any atom is -0.466 e. The van der Waals surface area contributed by atoms with Crippen LogP contribution in [0.4, 0.5) is 0 Å². The molecule has 0 aromatic heterocycles. The summed E-state index contributed by atoms with van der Waals surface area (Å²) in [5.41, 5.74) is 2.77. The van der Waals surface area contributed by atoms with E-state index in [0.29, 0.717) is 22.5 Å². The molecule has 2 rings (SSSR count). The Kier molecular flexibility index (Phi) is 6.75. The van der Waals surface area contributed by atoms with Gasteiger partial charge < -0.3 is 19.6 Å². The van der Waals surface area contributed by atoms with E-state index in [0.717, 1.165) is 0 Å². The standard InChI is InChI=1S/C19H22N2O7/c1-5-27-19(23)16-12(3)20-11(2)15(18(22)26-4)17(16)14-8-6-7-13(9-14)10-28-21(24)25/h6-9,17,20H,5,10H2,1-4H3. The van der Waals surface area contributed by atoms with Crippen LogP contribution in [0, 0.1) is 10.1 Å². The van der Waals surface area contributed by atoms with Crippen molar-refractivity contribution in [3.8, 4) is 0 Å². The molecule has 0 amide bonds. The highest BCUT2D eigenvalue weighted by Gasteiger charge is 2.37. The Balaban J connectivity index is 2.59. The molecule has 9 nitrogen and oxygen atoms in total. The molecule has 9 heteroatoms. The average Bonchev–Trinajstić information content (AvgIpc) is 2.65. The molecule has 1 atom stereocenters.